The average molecular weight is 306 g/mol. The van der Waals surface area contributed by atoms with Crippen LogP contribution < -0.4 is 10.1 Å². The van der Waals surface area contributed by atoms with Gasteiger partial charge in [-0.15, -0.1) is 0 Å². The third-order valence-corrected chi connectivity index (χ3v) is 3.40. The Morgan fingerprint density at radius 3 is 2.67 bits per heavy atom. The van der Waals surface area contributed by atoms with E-state index in [4.69, 9.17) is 16.3 Å². The van der Waals surface area contributed by atoms with Crippen molar-refractivity contribution < 1.29 is 9.84 Å². The van der Waals surface area contributed by atoms with Gasteiger partial charge in [-0.1, -0.05) is 48.9 Å². The van der Waals surface area contributed by atoms with E-state index in [0.717, 1.165) is 23.4 Å². The normalized spacial score (nSPS) is 12.1. The van der Waals surface area contributed by atoms with Crippen molar-refractivity contribution in [2.24, 2.45) is 0 Å². The lowest BCUT2D eigenvalue weighted by Crippen LogP contribution is -2.15. The molecule has 2 aromatic carbocycles. The molecule has 0 saturated carbocycles. The van der Waals surface area contributed by atoms with Crippen LogP contribution in [0.5, 0.6) is 5.75 Å². The van der Waals surface area contributed by atoms with Gasteiger partial charge >= 0.3 is 0 Å². The second-order valence-electron chi connectivity index (χ2n) is 4.77. The van der Waals surface area contributed by atoms with Crippen LogP contribution in [0.2, 0.25) is 5.02 Å². The smallest absolute Gasteiger partial charge is 0.124 e. The number of hydrogen-bond acceptors (Lipinski definition) is 3. The van der Waals surface area contributed by atoms with Gasteiger partial charge in [-0.3, -0.25) is 0 Å². The summed E-state index contributed by atoms with van der Waals surface area (Å²) in [6.45, 7) is 3.82. The molecule has 0 spiro atoms. The maximum absolute atomic E-state index is 10.1. The molecule has 0 aliphatic rings. The van der Waals surface area contributed by atoms with E-state index in [1.807, 2.05) is 49.4 Å². The van der Waals surface area contributed by atoms with Gasteiger partial charge in [0.2, 0.25) is 0 Å². The van der Waals surface area contributed by atoms with E-state index in [1.165, 1.54) is 0 Å². The Hall–Kier alpha value is -1.55. The summed E-state index contributed by atoms with van der Waals surface area (Å²) in [6, 6.07) is 15.0. The van der Waals surface area contributed by atoms with E-state index in [0.29, 0.717) is 11.6 Å². The van der Waals surface area contributed by atoms with Gasteiger partial charge in [-0.25, -0.2) is 0 Å². The number of nitrogens with one attached hydrogen (secondary N) is 1. The van der Waals surface area contributed by atoms with Gasteiger partial charge in [-0.05, 0) is 30.3 Å². The molecule has 0 aliphatic heterocycles. The summed E-state index contributed by atoms with van der Waals surface area (Å²) in [5.41, 5.74) is 1.84. The van der Waals surface area contributed by atoms with Crippen LogP contribution in [0.15, 0.2) is 48.5 Å². The minimum Gasteiger partial charge on any atom is -0.490 e. The minimum absolute atomic E-state index is 0.213. The average Bonchev–Trinajstić information content (AvgIpc) is 2.52. The molecular weight excluding hydrogens is 286 g/mol. The number of hydrogen-bond donors (Lipinski definition) is 2. The molecular formula is C17H20ClNO2. The highest BCUT2D eigenvalue weighted by molar-refractivity contribution is 6.30. The van der Waals surface area contributed by atoms with E-state index in [-0.39, 0.29) is 6.61 Å². The van der Waals surface area contributed by atoms with Crippen molar-refractivity contribution in [2.75, 3.05) is 13.2 Å². The molecule has 0 bridgehead atoms. The summed E-state index contributed by atoms with van der Waals surface area (Å²) >= 11 is 6.02. The summed E-state index contributed by atoms with van der Waals surface area (Å²) in [4.78, 5) is 0. The lowest BCUT2D eigenvalue weighted by atomic mass is 10.1. The summed E-state index contributed by atoms with van der Waals surface area (Å²) in [7, 11) is 0. The highest BCUT2D eigenvalue weighted by Crippen LogP contribution is 2.24. The van der Waals surface area contributed by atoms with Crippen LogP contribution >= 0.6 is 11.6 Å². The molecule has 1 atom stereocenters. The van der Waals surface area contributed by atoms with Crippen molar-refractivity contribution in [2.45, 2.75) is 19.6 Å². The van der Waals surface area contributed by atoms with Gasteiger partial charge in [0.25, 0.3) is 0 Å². The molecule has 0 radical (unpaired) electrons. The Morgan fingerprint density at radius 1 is 1.19 bits per heavy atom. The minimum atomic E-state index is -0.645. The number of ether oxygens (including phenoxy) is 1. The van der Waals surface area contributed by atoms with Crippen LogP contribution in [0.25, 0.3) is 0 Å². The van der Waals surface area contributed by atoms with Crippen LogP contribution in [0.4, 0.5) is 0 Å². The zero-order valence-electron chi connectivity index (χ0n) is 12.1. The quantitative estimate of drug-likeness (QED) is 0.822. The van der Waals surface area contributed by atoms with E-state index >= 15 is 0 Å². The Morgan fingerprint density at radius 2 is 1.95 bits per heavy atom. The molecule has 0 saturated heterocycles. The summed E-state index contributed by atoms with van der Waals surface area (Å²) in [6.07, 6.45) is -0.645. The van der Waals surface area contributed by atoms with Gasteiger partial charge in [0.1, 0.15) is 18.5 Å². The predicted molar refractivity (Wildman–Crippen MR) is 85.7 cm³/mol. The molecule has 2 N–H and O–H groups in total. The Labute approximate surface area is 130 Å². The first-order valence-corrected chi connectivity index (χ1v) is 7.43. The van der Waals surface area contributed by atoms with Crippen molar-refractivity contribution in [1.82, 2.24) is 5.32 Å². The molecule has 0 aliphatic carbocycles. The van der Waals surface area contributed by atoms with E-state index < -0.39 is 6.10 Å². The molecule has 0 amide bonds. The first-order valence-electron chi connectivity index (χ1n) is 7.05. The number of halogens is 1. The first-order chi connectivity index (χ1) is 10.2. The molecule has 0 heterocycles. The van der Waals surface area contributed by atoms with Gasteiger partial charge in [0.15, 0.2) is 0 Å². The number of aliphatic hydroxyl groups is 1. The molecule has 0 aromatic heterocycles. The first kappa shape index (κ1) is 15.8. The molecule has 0 fully saturated rings. The molecule has 1 unspecified atom stereocenters. The topological polar surface area (TPSA) is 41.5 Å². The third-order valence-electron chi connectivity index (χ3n) is 3.17. The van der Waals surface area contributed by atoms with Crippen LogP contribution in [0.1, 0.15) is 24.2 Å². The maximum atomic E-state index is 10.1. The molecule has 3 nitrogen and oxygen atoms in total. The SMILES string of the molecule is CCNCc1cc(Cl)ccc1OCC(O)c1ccccc1. The van der Waals surface area contributed by atoms with Crippen molar-refractivity contribution in [3.8, 4) is 5.75 Å². The molecule has 2 rings (SSSR count). The molecule has 21 heavy (non-hydrogen) atoms. The molecule has 2 aromatic rings. The van der Waals surface area contributed by atoms with Crippen LogP contribution in [0, 0.1) is 0 Å². The Balaban J connectivity index is 2.02. The standard InChI is InChI=1S/C17H20ClNO2/c1-2-19-11-14-10-15(18)8-9-17(14)21-12-16(20)13-6-4-3-5-7-13/h3-10,16,19-20H,2,11-12H2,1H3. The second kappa shape index (κ2) is 8.03. The number of rotatable bonds is 7. The summed E-state index contributed by atoms with van der Waals surface area (Å²) < 4.78 is 5.76. The fourth-order valence-corrected chi connectivity index (χ4v) is 2.22. The highest BCUT2D eigenvalue weighted by atomic mass is 35.5. The molecule has 4 heteroatoms. The van der Waals surface area contributed by atoms with Crippen molar-refractivity contribution in [3.05, 3.63) is 64.7 Å². The fraction of sp³-hybridized carbons (Fsp3) is 0.294. The zero-order chi connectivity index (χ0) is 15.1. The lowest BCUT2D eigenvalue weighted by Gasteiger charge is -2.16. The van der Waals surface area contributed by atoms with Crippen LogP contribution in [-0.2, 0) is 6.54 Å². The molecule has 112 valence electrons. The van der Waals surface area contributed by atoms with Crippen molar-refractivity contribution in [1.29, 1.82) is 0 Å². The summed E-state index contributed by atoms with van der Waals surface area (Å²) in [5.74, 6) is 0.746. The zero-order valence-corrected chi connectivity index (χ0v) is 12.8. The van der Waals surface area contributed by atoms with Gasteiger partial charge in [0, 0.05) is 17.1 Å². The monoisotopic (exact) mass is 305 g/mol. The summed E-state index contributed by atoms with van der Waals surface area (Å²) in [5, 5.41) is 14.1. The third kappa shape index (κ3) is 4.74. The maximum Gasteiger partial charge on any atom is 0.124 e. The Kier molecular flexibility index (Phi) is 6.05. The number of benzene rings is 2. The number of aliphatic hydroxyl groups excluding tert-OH is 1. The predicted octanol–water partition coefficient (Wildman–Crippen LogP) is 3.56. The lowest BCUT2D eigenvalue weighted by molar-refractivity contribution is 0.107. The Bertz CT molecular complexity index is 560. The van der Waals surface area contributed by atoms with Gasteiger partial charge < -0.3 is 15.2 Å². The largest absolute Gasteiger partial charge is 0.490 e. The van der Waals surface area contributed by atoms with Crippen LogP contribution in [0.3, 0.4) is 0 Å². The highest BCUT2D eigenvalue weighted by Gasteiger charge is 2.10. The van der Waals surface area contributed by atoms with Crippen LogP contribution in [-0.4, -0.2) is 18.3 Å². The van der Waals surface area contributed by atoms with Crippen molar-refractivity contribution in [3.63, 3.8) is 0 Å². The van der Waals surface area contributed by atoms with Gasteiger partial charge in [-0.2, -0.15) is 0 Å². The van der Waals surface area contributed by atoms with E-state index in [1.54, 1.807) is 6.07 Å². The van der Waals surface area contributed by atoms with Gasteiger partial charge in [0.05, 0.1) is 0 Å². The second-order valence-corrected chi connectivity index (χ2v) is 5.21. The van der Waals surface area contributed by atoms with Crippen molar-refractivity contribution >= 4 is 11.6 Å². The van der Waals surface area contributed by atoms with E-state index in [2.05, 4.69) is 5.32 Å². The van der Waals surface area contributed by atoms with E-state index in [9.17, 15) is 5.11 Å². The fourth-order valence-electron chi connectivity index (χ4n) is 2.03.